The highest BCUT2D eigenvalue weighted by Gasteiger charge is 2.16. The van der Waals surface area contributed by atoms with Crippen molar-refractivity contribution >= 4 is 11.5 Å². The fourth-order valence-corrected chi connectivity index (χ4v) is 4.14. The average Bonchev–Trinajstić information content (AvgIpc) is 2.77. The van der Waals surface area contributed by atoms with Gasteiger partial charge in [-0.15, -0.1) is 0 Å². The number of hydrogen-bond donors (Lipinski definition) is 1. The highest BCUT2D eigenvalue weighted by atomic mass is 15.1. The first-order valence-corrected chi connectivity index (χ1v) is 10.6. The minimum absolute atomic E-state index is 0.464. The molecule has 0 radical (unpaired) electrons. The maximum atomic E-state index is 9.53. The lowest BCUT2D eigenvalue weighted by molar-refractivity contribution is 0.470. The van der Waals surface area contributed by atoms with Crippen LogP contribution in [0.5, 0.6) is 0 Å². The summed E-state index contributed by atoms with van der Waals surface area (Å²) in [6, 6.07) is 2.76. The SMILES string of the molecule is N#Cc1cnc(NC2CCCCCCC2)nc1/C1=C/CCCCCCC1. The summed E-state index contributed by atoms with van der Waals surface area (Å²) < 4.78 is 0. The van der Waals surface area contributed by atoms with Crippen LogP contribution in [-0.4, -0.2) is 16.0 Å². The molecule has 1 N–H and O–H groups in total. The molecule has 3 rings (SSSR count). The highest BCUT2D eigenvalue weighted by molar-refractivity contribution is 5.68. The molecule has 1 aromatic heterocycles. The molecule has 0 amide bonds. The van der Waals surface area contributed by atoms with Crippen LogP contribution in [0.3, 0.4) is 0 Å². The average molecular weight is 353 g/mol. The number of nitrogens with zero attached hydrogens (tertiary/aromatic N) is 3. The van der Waals surface area contributed by atoms with Gasteiger partial charge in [0, 0.05) is 6.04 Å². The lowest BCUT2D eigenvalue weighted by Gasteiger charge is -2.21. The Labute approximate surface area is 158 Å². The maximum absolute atomic E-state index is 9.53. The van der Waals surface area contributed by atoms with Gasteiger partial charge in [-0.05, 0) is 44.1 Å². The van der Waals surface area contributed by atoms with Crippen molar-refractivity contribution in [2.24, 2.45) is 0 Å². The predicted octanol–water partition coefficient (Wildman–Crippen LogP) is 6.00. The summed E-state index contributed by atoms with van der Waals surface area (Å²) in [5.41, 5.74) is 2.71. The third kappa shape index (κ3) is 5.56. The monoisotopic (exact) mass is 352 g/mol. The van der Waals surface area contributed by atoms with Gasteiger partial charge in [-0.2, -0.15) is 5.26 Å². The van der Waals surface area contributed by atoms with Crippen LogP contribution in [0, 0.1) is 11.3 Å². The summed E-state index contributed by atoms with van der Waals surface area (Å²) in [4.78, 5) is 9.25. The third-order valence-corrected chi connectivity index (χ3v) is 5.69. The van der Waals surface area contributed by atoms with Gasteiger partial charge in [-0.1, -0.05) is 57.4 Å². The van der Waals surface area contributed by atoms with Gasteiger partial charge in [0.15, 0.2) is 0 Å². The number of anilines is 1. The summed E-state index contributed by atoms with van der Waals surface area (Å²) >= 11 is 0. The zero-order valence-corrected chi connectivity index (χ0v) is 16.0. The molecule has 1 saturated carbocycles. The molecule has 0 bridgehead atoms. The van der Waals surface area contributed by atoms with Gasteiger partial charge in [-0.25, -0.2) is 9.97 Å². The molecule has 0 aliphatic heterocycles. The topological polar surface area (TPSA) is 61.6 Å². The molecule has 26 heavy (non-hydrogen) atoms. The van der Waals surface area contributed by atoms with E-state index in [-0.39, 0.29) is 0 Å². The van der Waals surface area contributed by atoms with Crippen molar-refractivity contribution in [2.45, 2.75) is 95.9 Å². The van der Waals surface area contributed by atoms with Crippen LogP contribution in [0.15, 0.2) is 12.3 Å². The van der Waals surface area contributed by atoms with Gasteiger partial charge in [0.25, 0.3) is 0 Å². The number of nitrogens with one attached hydrogen (secondary N) is 1. The largest absolute Gasteiger partial charge is 0.351 e. The fraction of sp³-hybridized carbons (Fsp3) is 0.682. The van der Waals surface area contributed by atoms with Gasteiger partial charge in [0.05, 0.1) is 17.5 Å². The van der Waals surface area contributed by atoms with Gasteiger partial charge in [0.2, 0.25) is 5.95 Å². The number of rotatable bonds is 3. The van der Waals surface area contributed by atoms with Crippen LogP contribution in [0.4, 0.5) is 5.95 Å². The van der Waals surface area contributed by atoms with E-state index < -0.39 is 0 Å². The lowest BCUT2D eigenvalue weighted by atomic mass is 9.97. The van der Waals surface area contributed by atoms with E-state index in [9.17, 15) is 5.26 Å². The van der Waals surface area contributed by atoms with Crippen molar-refractivity contribution in [1.29, 1.82) is 5.26 Å². The molecule has 0 unspecified atom stereocenters. The van der Waals surface area contributed by atoms with Crippen LogP contribution in [0.25, 0.3) is 5.57 Å². The summed E-state index contributed by atoms with van der Waals surface area (Å²) in [6.07, 6.45) is 21.5. The van der Waals surface area contributed by atoms with E-state index in [0.29, 0.717) is 17.6 Å². The van der Waals surface area contributed by atoms with Crippen molar-refractivity contribution in [2.75, 3.05) is 5.32 Å². The van der Waals surface area contributed by atoms with E-state index in [4.69, 9.17) is 4.98 Å². The van der Waals surface area contributed by atoms with Crippen LogP contribution >= 0.6 is 0 Å². The summed E-state index contributed by atoms with van der Waals surface area (Å²) in [5, 5.41) is 13.1. The summed E-state index contributed by atoms with van der Waals surface area (Å²) in [5.74, 6) is 0.699. The second-order valence-electron chi connectivity index (χ2n) is 7.79. The zero-order valence-electron chi connectivity index (χ0n) is 16.0. The molecular weight excluding hydrogens is 320 g/mol. The number of aromatic nitrogens is 2. The van der Waals surface area contributed by atoms with Gasteiger partial charge in [0.1, 0.15) is 6.07 Å². The molecule has 1 heterocycles. The van der Waals surface area contributed by atoms with E-state index in [1.54, 1.807) is 6.20 Å². The first-order chi connectivity index (χ1) is 12.9. The molecule has 0 saturated heterocycles. The smallest absolute Gasteiger partial charge is 0.223 e. The first-order valence-electron chi connectivity index (χ1n) is 10.6. The Morgan fingerprint density at radius 1 is 0.923 bits per heavy atom. The second-order valence-corrected chi connectivity index (χ2v) is 7.79. The molecule has 0 atom stereocenters. The Balaban J connectivity index is 1.77. The third-order valence-electron chi connectivity index (χ3n) is 5.69. The number of allylic oxidation sites excluding steroid dienone is 2. The Bertz CT molecular complexity index is 636. The molecular formula is C22H32N4. The number of hydrogen-bond acceptors (Lipinski definition) is 4. The molecule has 140 valence electrons. The second kappa shape index (κ2) is 10.3. The molecule has 1 aromatic rings. The van der Waals surface area contributed by atoms with Crippen molar-refractivity contribution in [3.8, 4) is 6.07 Å². The minimum Gasteiger partial charge on any atom is -0.351 e. The molecule has 0 spiro atoms. The predicted molar refractivity (Wildman–Crippen MR) is 107 cm³/mol. The molecule has 4 nitrogen and oxygen atoms in total. The summed E-state index contributed by atoms with van der Waals surface area (Å²) in [7, 11) is 0. The van der Waals surface area contributed by atoms with E-state index in [1.807, 2.05) is 0 Å². The normalized spacial score (nSPS) is 22.5. The molecule has 1 fully saturated rings. The Morgan fingerprint density at radius 3 is 2.38 bits per heavy atom. The minimum atomic E-state index is 0.464. The van der Waals surface area contributed by atoms with E-state index >= 15 is 0 Å². The highest BCUT2D eigenvalue weighted by Crippen LogP contribution is 2.27. The standard InChI is InChI=1S/C22H32N4/c23-16-19-17-24-22(25-20-14-10-6-3-7-11-15-20)26-21(19)18-12-8-4-1-2-5-9-13-18/h12,17,20H,1-11,13-15H2,(H,24,25,26)/b18-12+. The molecule has 2 aliphatic rings. The van der Waals surface area contributed by atoms with Crippen LogP contribution in [0.2, 0.25) is 0 Å². The van der Waals surface area contributed by atoms with Crippen LogP contribution in [-0.2, 0) is 0 Å². The van der Waals surface area contributed by atoms with Gasteiger partial charge < -0.3 is 5.32 Å². The Hall–Kier alpha value is -1.89. The quantitative estimate of drug-likeness (QED) is 0.724. The van der Waals surface area contributed by atoms with Crippen molar-refractivity contribution in [3.63, 3.8) is 0 Å². The fourth-order valence-electron chi connectivity index (χ4n) is 4.14. The van der Waals surface area contributed by atoms with Crippen LogP contribution in [0.1, 0.15) is 101 Å². The Kier molecular flexibility index (Phi) is 7.49. The van der Waals surface area contributed by atoms with E-state index in [2.05, 4.69) is 22.4 Å². The van der Waals surface area contributed by atoms with Crippen molar-refractivity contribution in [1.82, 2.24) is 9.97 Å². The Morgan fingerprint density at radius 2 is 1.62 bits per heavy atom. The maximum Gasteiger partial charge on any atom is 0.223 e. The molecule has 4 heteroatoms. The first kappa shape index (κ1) is 18.9. The van der Waals surface area contributed by atoms with Crippen molar-refractivity contribution in [3.05, 3.63) is 23.5 Å². The lowest BCUT2D eigenvalue weighted by Crippen LogP contribution is -2.22. The molecule has 0 aromatic carbocycles. The van der Waals surface area contributed by atoms with E-state index in [1.165, 1.54) is 82.6 Å². The van der Waals surface area contributed by atoms with E-state index in [0.717, 1.165) is 18.5 Å². The zero-order chi connectivity index (χ0) is 18.0. The summed E-state index contributed by atoms with van der Waals surface area (Å²) in [6.45, 7) is 0. The number of nitriles is 1. The van der Waals surface area contributed by atoms with Crippen molar-refractivity contribution < 1.29 is 0 Å². The van der Waals surface area contributed by atoms with Crippen LogP contribution < -0.4 is 5.32 Å². The van der Waals surface area contributed by atoms with Gasteiger partial charge >= 0.3 is 0 Å². The van der Waals surface area contributed by atoms with Gasteiger partial charge in [-0.3, -0.25) is 0 Å². The molecule has 2 aliphatic carbocycles.